The average molecular weight is 580 g/mol. The minimum absolute atomic E-state index is 0.0240. The number of alkyl halides is 1. The number of rotatable bonds is 10. The van der Waals surface area contributed by atoms with Crippen LogP contribution in [0.5, 0.6) is 5.75 Å². The second-order valence-electron chi connectivity index (χ2n) is 9.80. The Morgan fingerprint density at radius 2 is 2.12 bits per heavy atom. The van der Waals surface area contributed by atoms with Crippen LogP contribution in [-0.4, -0.2) is 87.4 Å². The van der Waals surface area contributed by atoms with E-state index in [1.54, 1.807) is 29.3 Å². The van der Waals surface area contributed by atoms with E-state index >= 15 is 0 Å². The largest absolute Gasteiger partial charge is 0.488 e. The summed E-state index contributed by atoms with van der Waals surface area (Å²) in [5.41, 5.74) is 1.43. The van der Waals surface area contributed by atoms with Gasteiger partial charge in [0, 0.05) is 51.8 Å². The van der Waals surface area contributed by atoms with Crippen molar-refractivity contribution >= 4 is 27.5 Å². The SMILES string of the molecule is COCCN(C)S(=O)(=O)NC(=O)c1cnc2ccc(N3C[C@@H](F)C[C@@H]3c3cc(F)ccc3OC3CCOC3)cn12. The first-order valence-electron chi connectivity index (χ1n) is 12.9. The van der Waals surface area contributed by atoms with Gasteiger partial charge in [-0.25, -0.2) is 18.5 Å². The quantitative estimate of drug-likeness (QED) is 0.390. The lowest BCUT2D eigenvalue weighted by Gasteiger charge is -2.29. The van der Waals surface area contributed by atoms with E-state index in [1.807, 2.05) is 4.72 Å². The molecule has 2 saturated heterocycles. The number of aromatic nitrogens is 2. The summed E-state index contributed by atoms with van der Waals surface area (Å²) in [5, 5.41) is 0. The molecule has 0 spiro atoms. The minimum Gasteiger partial charge on any atom is -0.488 e. The van der Waals surface area contributed by atoms with Crippen molar-refractivity contribution in [2.45, 2.75) is 31.2 Å². The molecule has 4 heterocycles. The fraction of sp³-hybridized carbons (Fsp3) is 0.462. The molecule has 3 aromatic rings. The number of halogens is 2. The number of amides is 1. The van der Waals surface area contributed by atoms with Crippen molar-refractivity contribution < 1.29 is 36.2 Å². The van der Waals surface area contributed by atoms with E-state index in [0.717, 1.165) is 4.31 Å². The van der Waals surface area contributed by atoms with E-state index < -0.39 is 34.1 Å². The van der Waals surface area contributed by atoms with Crippen molar-refractivity contribution in [2.75, 3.05) is 52.0 Å². The molecule has 5 rings (SSSR count). The lowest BCUT2D eigenvalue weighted by Crippen LogP contribution is -2.43. The Kier molecular flexibility index (Phi) is 8.21. The first-order valence-corrected chi connectivity index (χ1v) is 14.3. The molecule has 14 heteroatoms. The molecule has 1 N–H and O–H groups in total. The Bertz CT molecular complexity index is 1480. The Balaban J connectivity index is 1.44. The number of benzene rings is 1. The van der Waals surface area contributed by atoms with Crippen LogP contribution in [-0.2, 0) is 19.7 Å². The third-order valence-corrected chi connectivity index (χ3v) is 8.51. The van der Waals surface area contributed by atoms with Crippen LogP contribution in [0.2, 0.25) is 0 Å². The minimum atomic E-state index is -4.13. The van der Waals surface area contributed by atoms with Crippen LogP contribution in [0, 0.1) is 5.82 Å². The second kappa shape index (κ2) is 11.6. The Hall–Kier alpha value is -3.33. The van der Waals surface area contributed by atoms with Gasteiger partial charge < -0.3 is 19.1 Å². The van der Waals surface area contributed by atoms with Gasteiger partial charge >= 0.3 is 10.2 Å². The Labute approximate surface area is 230 Å². The van der Waals surface area contributed by atoms with E-state index in [4.69, 9.17) is 14.2 Å². The topological polar surface area (TPSA) is 115 Å². The van der Waals surface area contributed by atoms with E-state index in [2.05, 4.69) is 4.98 Å². The number of ether oxygens (including phenoxy) is 3. The molecule has 1 aromatic carbocycles. The van der Waals surface area contributed by atoms with Gasteiger partial charge in [-0.1, -0.05) is 0 Å². The zero-order chi connectivity index (χ0) is 28.4. The summed E-state index contributed by atoms with van der Waals surface area (Å²) < 4.78 is 75.3. The molecule has 0 saturated carbocycles. The van der Waals surface area contributed by atoms with Crippen molar-refractivity contribution in [3.05, 3.63) is 59.8 Å². The molecule has 216 valence electrons. The van der Waals surface area contributed by atoms with Crippen LogP contribution in [0.4, 0.5) is 14.5 Å². The molecule has 11 nitrogen and oxygen atoms in total. The first-order chi connectivity index (χ1) is 19.2. The highest BCUT2D eigenvalue weighted by atomic mass is 32.2. The molecule has 2 aromatic heterocycles. The van der Waals surface area contributed by atoms with E-state index in [0.29, 0.717) is 42.3 Å². The van der Waals surface area contributed by atoms with Crippen molar-refractivity contribution in [3.63, 3.8) is 0 Å². The smallest absolute Gasteiger partial charge is 0.303 e. The van der Waals surface area contributed by atoms with Crippen molar-refractivity contribution in [2.24, 2.45) is 0 Å². The third-order valence-electron chi connectivity index (χ3n) is 7.06. The van der Waals surface area contributed by atoms with E-state index in [9.17, 15) is 22.0 Å². The summed E-state index contributed by atoms with van der Waals surface area (Å²) in [6.07, 6.45) is 2.31. The zero-order valence-corrected chi connectivity index (χ0v) is 22.9. The number of hydrogen-bond acceptors (Lipinski definition) is 8. The first kappa shape index (κ1) is 28.2. The molecule has 1 amide bonds. The Morgan fingerprint density at radius 3 is 2.88 bits per heavy atom. The summed E-state index contributed by atoms with van der Waals surface area (Å²) in [5.74, 6) is -0.879. The number of pyridine rings is 1. The monoisotopic (exact) mass is 579 g/mol. The molecule has 40 heavy (non-hydrogen) atoms. The molecule has 0 aliphatic carbocycles. The number of methoxy groups -OCH3 is 1. The van der Waals surface area contributed by atoms with Gasteiger partial charge in [-0.2, -0.15) is 12.7 Å². The zero-order valence-electron chi connectivity index (χ0n) is 22.1. The molecule has 3 atom stereocenters. The highest BCUT2D eigenvalue weighted by molar-refractivity contribution is 7.87. The molecule has 2 aliphatic rings. The highest BCUT2D eigenvalue weighted by Gasteiger charge is 2.36. The van der Waals surface area contributed by atoms with Crippen LogP contribution in [0.1, 0.15) is 34.9 Å². The van der Waals surface area contributed by atoms with Crippen molar-refractivity contribution in [1.82, 2.24) is 18.4 Å². The normalized spacial score (nSPS) is 21.4. The van der Waals surface area contributed by atoms with Gasteiger partial charge in [-0.05, 0) is 30.3 Å². The molecule has 0 bridgehead atoms. The summed E-state index contributed by atoms with van der Waals surface area (Å²) >= 11 is 0. The fourth-order valence-corrected chi connectivity index (χ4v) is 5.74. The average Bonchev–Trinajstić information content (AvgIpc) is 3.67. The van der Waals surface area contributed by atoms with E-state index in [-0.39, 0.29) is 37.9 Å². The molecule has 2 aliphatic heterocycles. The van der Waals surface area contributed by atoms with E-state index in [1.165, 1.54) is 36.9 Å². The lowest BCUT2D eigenvalue weighted by molar-refractivity contribution is 0.0973. The number of imidazole rings is 1. The van der Waals surface area contributed by atoms with Crippen LogP contribution in [0.15, 0.2) is 42.7 Å². The highest BCUT2D eigenvalue weighted by Crippen LogP contribution is 2.42. The summed E-state index contributed by atoms with van der Waals surface area (Å²) in [6.45, 7) is 1.25. The maximum atomic E-state index is 14.9. The van der Waals surface area contributed by atoms with Crippen molar-refractivity contribution in [3.8, 4) is 5.75 Å². The number of hydrogen-bond donors (Lipinski definition) is 1. The molecular formula is C26H31F2N5O6S. The predicted molar refractivity (Wildman–Crippen MR) is 142 cm³/mol. The van der Waals surface area contributed by atoms with Crippen LogP contribution >= 0.6 is 0 Å². The number of fused-ring (bicyclic) bond motifs is 1. The second-order valence-corrected chi connectivity index (χ2v) is 11.6. The summed E-state index contributed by atoms with van der Waals surface area (Å²) in [6, 6.07) is 7.06. The molecule has 1 unspecified atom stereocenters. The van der Waals surface area contributed by atoms with Gasteiger partial charge in [-0.15, -0.1) is 0 Å². The van der Waals surface area contributed by atoms with Gasteiger partial charge in [-0.3, -0.25) is 9.20 Å². The van der Waals surface area contributed by atoms with Gasteiger partial charge in [0.05, 0.1) is 37.7 Å². The van der Waals surface area contributed by atoms with Crippen LogP contribution in [0.3, 0.4) is 0 Å². The number of nitrogens with zero attached hydrogens (tertiary/aromatic N) is 4. The number of likely N-dealkylation sites (N-methyl/N-ethyl adjacent to an activating group) is 1. The standard InChI is InChI=1S/C26H31F2N5O6S/c1-31(8-10-37-2)40(35,36)30-26(34)23-13-29-25-6-4-19(15-33(23)25)32-14-18(28)12-22(32)21-11-17(27)3-5-24(21)39-20-7-9-38-16-20/h3-6,11,13,15,18,20,22H,7-10,12,14,16H2,1-2H3,(H,30,34)/t18-,20?,22+/m0/s1. The third kappa shape index (κ3) is 5.89. The van der Waals surface area contributed by atoms with Gasteiger partial charge in [0.2, 0.25) is 0 Å². The number of anilines is 1. The molecule has 0 radical (unpaired) electrons. The maximum absolute atomic E-state index is 14.9. The maximum Gasteiger partial charge on any atom is 0.303 e. The number of nitrogens with one attached hydrogen (secondary N) is 1. The fourth-order valence-electron chi connectivity index (χ4n) is 4.93. The molecule has 2 fully saturated rings. The van der Waals surface area contributed by atoms with Crippen LogP contribution in [0.25, 0.3) is 5.65 Å². The van der Waals surface area contributed by atoms with Gasteiger partial charge in [0.25, 0.3) is 5.91 Å². The lowest BCUT2D eigenvalue weighted by atomic mass is 10.0. The molecular weight excluding hydrogens is 548 g/mol. The van der Waals surface area contributed by atoms with Gasteiger partial charge in [0.15, 0.2) is 0 Å². The van der Waals surface area contributed by atoms with Crippen molar-refractivity contribution in [1.29, 1.82) is 0 Å². The van der Waals surface area contributed by atoms with Gasteiger partial charge in [0.1, 0.15) is 35.2 Å². The summed E-state index contributed by atoms with van der Waals surface area (Å²) in [4.78, 5) is 19.0. The number of carbonyl (C=O) groups excluding carboxylic acids is 1. The van der Waals surface area contributed by atoms with Crippen LogP contribution < -0.4 is 14.4 Å². The Morgan fingerprint density at radius 1 is 1.30 bits per heavy atom. The summed E-state index contributed by atoms with van der Waals surface area (Å²) in [7, 11) is -1.36. The number of carbonyl (C=O) groups is 1. The predicted octanol–water partition coefficient (Wildman–Crippen LogP) is 2.48.